The number of hydrogen-bond donors (Lipinski definition) is 2. The fourth-order valence-electron chi connectivity index (χ4n) is 2.91. The molecule has 0 bridgehead atoms. The molecule has 0 radical (unpaired) electrons. The Morgan fingerprint density at radius 3 is 2.27 bits per heavy atom. The number of hydrogen-bond acceptors (Lipinski definition) is 3. The number of nitrogens with one attached hydrogen (secondary N) is 2. The minimum Gasteiger partial charge on any atom is -0.379 e. The highest BCUT2D eigenvalue weighted by molar-refractivity contribution is 5.98. The van der Waals surface area contributed by atoms with Crippen LogP contribution >= 0.6 is 0 Å². The molecule has 1 unspecified atom stereocenters. The minimum atomic E-state index is -4.96. The maximum absolute atomic E-state index is 12.8. The zero-order valence-electron chi connectivity index (χ0n) is 15.8. The van der Waals surface area contributed by atoms with Gasteiger partial charge in [-0.25, -0.2) is 0 Å². The van der Waals surface area contributed by atoms with Gasteiger partial charge in [-0.2, -0.15) is 13.2 Å². The third kappa shape index (κ3) is 5.70. The van der Waals surface area contributed by atoms with Crippen LogP contribution in [-0.4, -0.2) is 23.9 Å². The number of amides is 1. The molecule has 0 aliphatic heterocycles. The lowest BCUT2D eigenvalue weighted by Gasteiger charge is -2.18. The SMILES string of the molecule is O=C(Nc1ccc2ccccc2c1)C(Cc1ccccc1)NC=CC(=O)C(F)(F)F. The van der Waals surface area contributed by atoms with E-state index in [1.165, 1.54) is 0 Å². The molecular formula is C23H19F3N2O2. The highest BCUT2D eigenvalue weighted by Crippen LogP contribution is 2.19. The van der Waals surface area contributed by atoms with Gasteiger partial charge in [0.15, 0.2) is 0 Å². The van der Waals surface area contributed by atoms with Crippen molar-refractivity contribution in [2.75, 3.05) is 5.32 Å². The maximum atomic E-state index is 12.8. The van der Waals surface area contributed by atoms with Crippen molar-refractivity contribution in [2.24, 2.45) is 0 Å². The van der Waals surface area contributed by atoms with Crippen LogP contribution in [0.15, 0.2) is 85.1 Å². The molecule has 30 heavy (non-hydrogen) atoms. The fraction of sp³-hybridized carbons (Fsp3) is 0.130. The summed E-state index contributed by atoms with van der Waals surface area (Å²) in [6, 6.07) is 21.3. The van der Waals surface area contributed by atoms with Crippen molar-refractivity contribution in [3.05, 3.63) is 90.6 Å². The molecule has 0 aliphatic carbocycles. The maximum Gasteiger partial charge on any atom is 0.454 e. The summed E-state index contributed by atoms with van der Waals surface area (Å²) >= 11 is 0. The Bertz CT molecular complexity index is 1060. The summed E-state index contributed by atoms with van der Waals surface area (Å²) in [6.45, 7) is 0. The lowest BCUT2D eigenvalue weighted by Crippen LogP contribution is -2.39. The molecule has 1 atom stereocenters. The predicted octanol–water partition coefficient (Wildman–Crippen LogP) is 4.62. The fourth-order valence-corrected chi connectivity index (χ4v) is 2.91. The number of carbonyl (C=O) groups excluding carboxylic acids is 2. The number of ketones is 1. The molecular weight excluding hydrogens is 393 g/mol. The lowest BCUT2D eigenvalue weighted by molar-refractivity contribution is -0.165. The van der Waals surface area contributed by atoms with Crippen LogP contribution in [0, 0.1) is 0 Å². The van der Waals surface area contributed by atoms with Crippen molar-refractivity contribution < 1.29 is 22.8 Å². The Kier molecular flexibility index (Phi) is 6.51. The lowest BCUT2D eigenvalue weighted by atomic mass is 10.0. The number of halogens is 3. The van der Waals surface area contributed by atoms with Crippen LogP contribution < -0.4 is 10.6 Å². The summed E-state index contributed by atoms with van der Waals surface area (Å²) < 4.78 is 37.2. The van der Waals surface area contributed by atoms with Crippen LogP contribution in [0.2, 0.25) is 0 Å². The summed E-state index contributed by atoms with van der Waals surface area (Å²) in [5, 5.41) is 7.36. The molecule has 7 heteroatoms. The van der Waals surface area contributed by atoms with Gasteiger partial charge in [-0.1, -0.05) is 60.7 Å². The van der Waals surface area contributed by atoms with Gasteiger partial charge in [-0.15, -0.1) is 0 Å². The number of anilines is 1. The quantitative estimate of drug-likeness (QED) is 0.557. The largest absolute Gasteiger partial charge is 0.454 e. The minimum absolute atomic E-state index is 0.227. The number of carbonyl (C=O) groups is 2. The van der Waals surface area contributed by atoms with Crippen LogP contribution in [-0.2, 0) is 16.0 Å². The molecule has 0 saturated carbocycles. The highest BCUT2D eigenvalue weighted by Gasteiger charge is 2.36. The Hall–Kier alpha value is -3.61. The van der Waals surface area contributed by atoms with Crippen molar-refractivity contribution in [2.45, 2.75) is 18.6 Å². The number of alkyl halides is 3. The van der Waals surface area contributed by atoms with Gasteiger partial charge in [0.1, 0.15) is 6.04 Å². The molecule has 154 valence electrons. The summed E-state index contributed by atoms with van der Waals surface area (Å²) in [4.78, 5) is 23.8. The average Bonchev–Trinajstić information content (AvgIpc) is 2.73. The van der Waals surface area contributed by atoms with Crippen molar-refractivity contribution in [3.63, 3.8) is 0 Å². The van der Waals surface area contributed by atoms with Gasteiger partial charge < -0.3 is 10.6 Å². The number of benzene rings is 3. The van der Waals surface area contributed by atoms with E-state index < -0.39 is 23.9 Å². The van der Waals surface area contributed by atoms with Crippen molar-refractivity contribution in [1.82, 2.24) is 5.32 Å². The first-order valence-electron chi connectivity index (χ1n) is 9.20. The van der Waals surface area contributed by atoms with Crippen LogP contribution in [0.5, 0.6) is 0 Å². The third-order valence-corrected chi connectivity index (χ3v) is 4.43. The number of allylic oxidation sites excluding steroid dienone is 1. The molecule has 3 rings (SSSR count). The molecule has 0 aromatic heterocycles. The van der Waals surface area contributed by atoms with E-state index in [1.54, 1.807) is 18.2 Å². The number of fused-ring (bicyclic) bond motifs is 1. The normalized spacial score (nSPS) is 12.6. The van der Waals surface area contributed by atoms with E-state index in [2.05, 4.69) is 10.6 Å². The standard InChI is InChI=1S/C23H19F3N2O2/c24-23(25,26)21(29)12-13-27-20(14-16-6-2-1-3-7-16)22(30)28-19-11-10-17-8-4-5-9-18(17)15-19/h1-13,15,20,27H,14H2,(H,28,30). The smallest absolute Gasteiger partial charge is 0.379 e. The van der Waals surface area contributed by atoms with Crippen LogP contribution in [0.25, 0.3) is 10.8 Å². The van der Waals surface area contributed by atoms with E-state index in [9.17, 15) is 22.8 Å². The molecule has 4 nitrogen and oxygen atoms in total. The topological polar surface area (TPSA) is 58.2 Å². The molecule has 0 fully saturated rings. The van der Waals surface area contributed by atoms with Gasteiger partial charge in [-0.3, -0.25) is 9.59 Å². The van der Waals surface area contributed by atoms with Gasteiger partial charge in [0.05, 0.1) is 0 Å². The zero-order chi connectivity index (χ0) is 21.6. The van der Waals surface area contributed by atoms with Gasteiger partial charge in [0.25, 0.3) is 5.78 Å². The second-order valence-electron chi connectivity index (χ2n) is 6.66. The van der Waals surface area contributed by atoms with Crippen LogP contribution in [0.3, 0.4) is 0 Å². The van der Waals surface area contributed by atoms with Crippen molar-refractivity contribution in [1.29, 1.82) is 0 Å². The van der Waals surface area contributed by atoms with Crippen LogP contribution in [0.4, 0.5) is 18.9 Å². The van der Waals surface area contributed by atoms with Crippen molar-refractivity contribution >= 4 is 28.2 Å². The Morgan fingerprint density at radius 2 is 1.57 bits per heavy atom. The summed E-state index contributed by atoms with van der Waals surface area (Å²) in [5.41, 5.74) is 1.38. The molecule has 0 aliphatic rings. The molecule has 2 N–H and O–H groups in total. The Balaban J connectivity index is 1.76. The van der Waals surface area contributed by atoms with E-state index >= 15 is 0 Å². The third-order valence-electron chi connectivity index (χ3n) is 4.43. The molecule has 3 aromatic rings. The van der Waals surface area contributed by atoms with Gasteiger partial charge >= 0.3 is 6.18 Å². The van der Waals surface area contributed by atoms with E-state index in [-0.39, 0.29) is 6.42 Å². The first-order valence-corrected chi connectivity index (χ1v) is 9.20. The number of rotatable bonds is 7. The van der Waals surface area contributed by atoms with E-state index in [1.807, 2.05) is 54.6 Å². The van der Waals surface area contributed by atoms with Crippen LogP contribution in [0.1, 0.15) is 5.56 Å². The average molecular weight is 412 g/mol. The molecule has 0 saturated heterocycles. The monoisotopic (exact) mass is 412 g/mol. The van der Waals surface area contributed by atoms with Gasteiger partial charge in [0.2, 0.25) is 5.91 Å². The first-order chi connectivity index (χ1) is 14.3. The summed E-state index contributed by atoms with van der Waals surface area (Å²) in [6.07, 6.45) is -3.49. The molecule has 0 spiro atoms. The van der Waals surface area contributed by atoms with E-state index in [0.29, 0.717) is 11.8 Å². The second-order valence-corrected chi connectivity index (χ2v) is 6.66. The first kappa shape index (κ1) is 21.1. The Labute approximate surface area is 171 Å². The Morgan fingerprint density at radius 1 is 0.900 bits per heavy atom. The van der Waals surface area contributed by atoms with E-state index in [4.69, 9.17) is 0 Å². The van der Waals surface area contributed by atoms with Gasteiger partial charge in [0, 0.05) is 24.4 Å². The predicted molar refractivity (Wildman–Crippen MR) is 110 cm³/mol. The molecule has 3 aromatic carbocycles. The highest BCUT2D eigenvalue weighted by atomic mass is 19.4. The second kappa shape index (κ2) is 9.26. The van der Waals surface area contributed by atoms with E-state index in [0.717, 1.165) is 22.5 Å². The van der Waals surface area contributed by atoms with Crippen molar-refractivity contribution in [3.8, 4) is 0 Å². The molecule has 1 amide bonds. The molecule has 0 heterocycles. The summed E-state index contributed by atoms with van der Waals surface area (Å²) in [7, 11) is 0. The van der Waals surface area contributed by atoms with Gasteiger partial charge in [-0.05, 0) is 28.5 Å². The zero-order valence-corrected chi connectivity index (χ0v) is 15.8. The summed E-state index contributed by atoms with van der Waals surface area (Å²) in [5.74, 6) is -2.43.